The maximum absolute atomic E-state index is 13.4. The minimum atomic E-state index is -3.59. The van der Waals surface area contributed by atoms with Crippen molar-refractivity contribution in [1.82, 2.24) is 10.2 Å². The summed E-state index contributed by atoms with van der Waals surface area (Å²) in [4.78, 5) is 27.7. The third-order valence-corrected chi connectivity index (χ3v) is 7.59. The van der Waals surface area contributed by atoms with Crippen molar-refractivity contribution in [3.63, 3.8) is 0 Å². The van der Waals surface area contributed by atoms with E-state index in [1.165, 1.54) is 4.31 Å². The van der Waals surface area contributed by atoms with E-state index >= 15 is 0 Å². The van der Waals surface area contributed by atoms with Crippen LogP contribution in [0.2, 0.25) is 5.02 Å². The molecule has 0 radical (unpaired) electrons. The highest BCUT2D eigenvalue weighted by Gasteiger charge is 2.27. The number of hydrogen-bond acceptors (Lipinski definition) is 4. The van der Waals surface area contributed by atoms with Crippen LogP contribution in [0, 0.1) is 12.8 Å². The van der Waals surface area contributed by atoms with Crippen LogP contribution in [0.15, 0.2) is 46.9 Å². The normalized spacial score (nSPS) is 12.3. The second kappa shape index (κ2) is 13.4. The highest BCUT2D eigenvalue weighted by Crippen LogP contribution is 2.27. The average Bonchev–Trinajstić information content (AvgIpc) is 2.79. The molecule has 36 heavy (non-hydrogen) atoms. The molecule has 0 aromatic heterocycles. The Labute approximate surface area is 228 Å². The Hall–Kier alpha value is -2.10. The topological polar surface area (TPSA) is 86.8 Å². The molecule has 7 nitrogen and oxygen atoms in total. The lowest BCUT2D eigenvalue weighted by atomic mass is 10.1. The van der Waals surface area contributed by atoms with Crippen LogP contribution in [0.1, 0.15) is 44.7 Å². The Morgan fingerprint density at radius 1 is 1.11 bits per heavy atom. The van der Waals surface area contributed by atoms with Gasteiger partial charge in [-0.2, -0.15) is 0 Å². The minimum Gasteiger partial charge on any atom is -0.354 e. The predicted octanol–water partition coefficient (Wildman–Crippen LogP) is 5.15. The van der Waals surface area contributed by atoms with Crippen LogP contribution in [0.3, 0.4) is 0 Å². The summed E-state index contributed by atoms with van der Waals surface area (Å²) in [6, 6.07) is 12.0. The predicted molar refractivity (Wildman–Crippen MR) is 150 cm³/mol. The maximum atomic E-state index is 13.4. The summed E-state index contributed by atoms with van der Waals surface area (Å²) in [5.74, 6) is -0.162. The molecule has 2 aromatic carbocycles. The molecule has 0 bridgehead atoms. The highest BCUT2D eigenvalue weighted by atomic mass is 79.9. The van der Waals surface area contributed by atoms with Gasteiger partial charge in [-0.25, -0.2) is 8.42 Å². The Morgan fingerprint density at radius 2 is 1.81 bits per heavy atom. The third-order valence-electron chi connectivity index (χ3n) is 5.69. The van der Waals surface area contributed by atoms with Crippen molar-refractivity contribution >= 4 is 55.1 Å². The first-order chi connectivity index (χ1) is 16.8. The van der Waals surface area contributed by atoms with Crippen LogP contribution in [0.4, 0.5) is 5.69 Å². The van der Waals surface area contributed by atoms with E-state index in [1.54, 1.807) is 30.0 Å². The molecular weight excluding hydrogens is 566 g/mol. The Kier molecular flexibility index (Phi) is 11.3. The zero-order valence-corrected chi connectivity index (χ0v) is 24.6. The number of rotatable bonds is 12. The van der Waals surface area contributed by atoms with Crippen LogP contribution >= 0.6 is 27.5 Å². The molecule has 1 atom stereocenters. The van der Waals surface area contributed by atoms with E-state index < -0.39 is 16.1 Å². The second-order valence-electron chi connectivity index (χ2n) is 9.34. The fourth-order valence-electron chi connectivity index (χ4n) is 3.70. The molecule has 198 valence electrons. The molecule has 0 saturated carbocycles. The van der Waals surface area contributed by atoms with E-state index in [4.69, 9.17) is 11.6 Å². The van der Waals surface area contributed by atoms with E-state index in [1.807, 2.05) is 45.0 Å². The monoisotopic (exact) mass is 599 g/mol. The zero-order chi connectivity index (χ0) is 27.0. The summed E-state index contributed by atoms with van der Waals surface area (Å²) in [7, 11) is -3.59. The van der Waals surface area contributed by atoms with Gasteiger partial charge in [-0.1, -0.05) is 59.6 Å². The fourth-order valence-corrected chi connectivity index (χ4v) is 5.33. The number of carbonyl (C=O) groups excluding carboxylic acids is 2. The first-order valence-electron chi connectivity index (χ1n) is 11.8. The standard InChI is InChI=1S/C26H35BrClN3O4S/c1-18(2)16-29-26(33)20(4)30(17-21-8-6-9-22(27)14-21)25(32)10-7-13-31(36(5,34)35)24-15-23(28)12-11-19(24)3/h6,8-9,11-12,14-15,18,20H,7,10,13,16-17H2,1-5H3,(H,29,33)/t20-/m1/s1. The van der Waals surface area contributed by atoms with E-state index in [2.05, 4.69) is 21.2 Å². The molecular formula is C26H35BrClN3O4S. The number of hydrogen-bond donors (Lipinski definition) is 1. The number of anilines is 1. The van der Waals surface area contributed by atoms with Gasteiger partial charge < -0.3 is 10.2 Å². The molecule has 0 aliphatic heterocycles. The van der Waals surface area contributed by atoms with Gasteiger partial charge in [0.15, 0.2) is 0 Å². The van der Waals surface area contributed by atoms with Gasteiger partial charge in [0.05, 0.1) is 11.9 Å². The first-order valence-corrected chi connectivity index (χ1v) is 14.9. The smallest absolute Gasteiger partial charge is 0.242 e. The van der Waals surface area contributed by atoms with Gasteiger partial charge in [-0.05, 0) is 61.6 Å². The van der Waals surface area contributed by atoms with Crippen LogP contribution in [0.5, 0.6) is 0 Å². The van der Waals surface area contributed by atoms with Crippen molar-refractivity contribution in [2.75, 3.05) is 23.7 Å². The Morgan fingerprint density at radius 3 is 2.42 bits per heavy atom. The summed E-state index contributed by atoms with van der Waals surface area (Å²) >= 11 is 9.56. The summed E-state index contributed by atoms with van der Waals surface area (Å²) in [5, 5.41) is 3.33. The Bertz CT molecular complexity index is 1170. The minimum absolute atomic E-state index is 0.0848. The van der Waals surface area contributed by atoms with Crippen molar-refractivity contribution in [3.05, 3.63) is 63.1 Å². The summed E-state index contributed by atoms with van der Waals surface area (Å²) < 4.78 is 27.2. The molecule has 2 amide bonds. The molecule has 0 fully saturated rings. The largest absolute Gasteiger partial charge is 0.354 e. The second-order valence-corrected chi connectivity index (χ2v) is 12.6. The number of nitrogens with zero attached hydrogens (tertiary/aromatic N) is 2. The van der Waals surface area contributed by atoms with Crippen molar-refractivity contribution in [3.8, 4) is 0 Å². The van der Waals surface area contributed by atoms with Gasteiger partial charge in [-0.3, -0.25) is 13.9 Å². The fraction of sp³-hybridized carbons (Fsp3) is 0.462. The molecule has 0 heterocycles. The lowest BCUT2D eigenvalue weighted by Gasteiger charge is -2.30. The van der Waals surface area contributed by atoms with Crippen molar-refractivity contribution in [2.45, 2.75) is 53.1 Å². The van der Waals surface area contributed by atoms with E-state index in [-0.39, 0.29) is 43.7 Å². The zero-order valence-electron chi connectivity index (χ0n) is 21.4. The number of nitrogens with one attached hydrogen (secondary N) is 1. The number of carbonyl (C=O) groups is 2. The van der Waals surface area contributed by atoms with Crippen LogP contribution < -0.4 is 9.62 Å². The average molecular weight is 601 g/mol. The van der Waals surface area contributed by atoms with Crippen molar-refractivity contribution in [2.24, 2.45) is 5.92 Å². The summed E-state index contributed by atoms with van der Waals surface area (Å²) in [6.45, 7) is 8.43. The molecule has 0 aliphatic rings. The lowest BCUT2D eigenvalue weighted by Crippen LogP contribution is -2.48. The Balaban J connectivity index is 2.19. The van der Waals surface area contributed by atoms with Gasteiger partial charge in [-0.15, -0.1) is 0 Å². The third kappa shape index (κ3) is 9.09. The molecule has 10 heteroatoms. The molecule has 1 N–H and O–H groups in total. The number of amides is 2. The van der Waals surface area contributed by atoms with Gasteiger partial charge >= 0.3 is 0 Å². The number of sulfonamides is 1. The molecule has 0 aliphatic carbocycles. The first kappa shape index (κ1) is 30.1. The van der Waals surface area contributed by atoms with Crippen LogP contribution in [-0.2, 0) is 26.2 Å². The lowest BCUT2D eigenvalue weighted by molar-refractivity contribution is -0.140. The quantitative estimate of drug-likeness (QED) is 0.365. The van der Waals surface area contributed by atoms with Crippen molar-refractivity contribution < 1.29 is 18.0 Å². The van der Waals surface area contributed by atoms with E-state index in [0.717, 1.165) is 21.9 Å². The molecule has 2 aromatic rings. The van der Waals surface area contributed by atoms with Gasteiger partial charge in [0.2, 0.25) is 21.8 Å². The summed E-state index contributed by atoms with van der Waals surface area (Å²) in [5.41, 5.74) is 2.14. The highest BCUT2D eigenvalue weighted by molar-refractivity contribution is 9.10. The molecule has 2 rings (SSSR count). The van der Waals surface area contributed by atoms with Gasteiger partial charge in [0.1, 0.15) is 6.04 Å². The number of halogens is 2. The molecule has 0 unspecified atom stereocenters. The molecule has 0 spiro atoms. The van der Waals surface area contributed by atoms with E-state index in [9.17, 15) is 18.0 Å². The number of benzene rings is 2. The summed E-state index contributed by atoms with van der Waals surface area (Å²) in [6.07, 6.45) is 1.50. The van der Waals surface area contributed by atoms with E-state index in [0.29, 0.717) is 17.3 Å². The molecule has 0 saturated heterocycles. The van der Waals surface area contributed by atoms with Crippen molar-refractivity contribution in [1.29, 1.82) is 0 Å². The van der Waals surface area contributed by atoms with Crippen LogP contribution in [0.25, 0.3) is 0 Å². The number of aryl methyl sites for hydroxylation is 1. The SMILES string of the molecule is Cc1ccc(Cl)cc1N(CCCC(=O)N(Cc1cccc(Br)c1)[C@H](C)C(=O)NCC(C)C)S(C)(=O)=O. The van der Waals surface area contributed by atoms with Gasteiger partial charge in [0.25, 0.3) is 0 Å². The maximum Gasteiger partial charge on any atom is 0.242 e. The van der Waals surface area contributed by atoms with Crippen LogP contribution in [-0.4, -0.2) is 50.5 Å². The van der Waals surface area contributed by atoms with Gasteiger partial charge in [0, 0.05) is 35.6 Å².